The fraction of sp³-hybridized carbons (Fsp3) is 0.214. The molecule has 0 fully saturated rings. The molecule has 1 unspecified atom stereocenters. The number of aromatic nitrogens is 1. The van der Waals surface area contributed by atoms with E-state index in [1.54, 1.807) is 18.3 Å². The van der Waals surface area contributed by atoms with Gasteiger partial charge in [-0.1, -0.05) is 18.2 Å². The Morgan fingerprint density at radius 3 is 2.85 bits per heavy atom. The fourth-order valence-corrected chi connectivity index (χ4v) is 4.32. The van der Waals surface area contributed by atoms with E-state index in [0.717, 1.165) is 15.6 Å². The van der Waals surface area contributed by atoms with Crippen LogP contribution in [-0.4, -0.2) is 19.2 Å². The molecule has 6 heteroatoms. The molecule has 104 valence electrons. The van der Waals surface area contributed by atoms with Crippen LogP contribution in [0.3, 0.4) is 0 Å². The van der Waals surface area contributed by atoms with Gasteiger partial charge in [-0.15, -0.1) is 0 Å². The van der Waals surface area contributed by atoms with Crippen molar-refractivity contribution in [3.63, 3.8) is 0 Å². The number of hydrogen-bond donors (Lipinski definition) is 1. The lowest BCUT2D eigenvalue weighted by Gasteiger charge is -2.14. The van der Waals surface area contributed by atoms with E-state index in [1.165, 1.54) is 0 Å². The number of anilines is 1. The van der Waals surface area contributed by atoms with Gasteiger partial charge >= 0.3 is 0 Å². The Labute approximate surface area is 126 Å². The van der Waals surface area contributed by atoms with Crippen LogP contribution in [0.2, 0.25) is 0 Å². The van der Waals surface area contributed by atoms with Gasteiger partial charge in [-0.2, -0.15) is 0 Å². The van der Waals surface area contributed by atoms with Crippen molar-refractivity contribution in [2.75, 3.05) is 11.1 Å². The highest BCUT2D eigenvalue weighted by atomic mass is 79.9. The molecule has 0 bridgehead atoms. The SMILES string of the molecule is Cc1cc(NC2CS(=O)(=O)c3ccccc32)ncc1Br. The van der Waals surface area contributed by atoms with Gasteiger partial charge in [0.15, 0.2) is 9.84 Å². The Balaban J connectivity index is 1.95. The van der Waals surface area contributed by atoms with Gasteiger partial charge in [-0.3, -0.25) is 0 Å². The molecular formula is C14H13BrN2O2S. The third-order valence-corrected chi connectivity index (χ3v) is 6.03. The number of rotatable bonds is 2. The number of sulfone groups is 1. The highest BCUT2D eigenvalue weighted by molar-refractivity contribution is 9.10. The lowest BCUT2D eigenvalue weighted by Crippen LogP contribution is -2.13. The van der Waals surface area contributed by atoms with Crippen molar-refractivity contribution in [2.45, 2.75) is 17.9 Å². The summed E-state index contributed by atoms with van der Waals surface area (Å²) in [7, 11) is -3.19. The average Bonchev–Trinajstić information content (AvgIpc) is 2.66. The molecule has 1 N–H and O–H groups in total. The highest BCUT2D eigenvalue weighted by Crippen LogP contribution is 2.35. The second-order valence-electron chi connectivity index (χ2n) is 4.83. The van der Waals surface area contributed by atoms with Gasteiger partial charge in [0.2, 0.25) is 0 Å². The molecule has 3 rings (SSSR count). The van der Waals surface area contributed by atoms with Gasteiger partial charge in [0.1, 0.15) is 5.82 Å². The zero-order valence-corrected chi connectivity index (χ0v) is 13.2. The summed E-state index contributed by atoms with van der Waals surface area (Å²) in [5.41, 5.74) is 1.87. The monoisotopic (exact) mass is 352 g/mol. The molecule has 4 nitrogen and oxygen atoms in total. The second-order valence-corrected chi connectivity index (χ2v) is 7.69. The summed E-state index contributed by atoms with van der Waals surface area (Å²) in [5, 5.41) is 3.21. The zero-order chi connectivity index (χ0) is 14.3. The Morgan fingerprint density at radius 1 is 1.35 bits per heavy atom. The first kappa shape index (κ1) is 13.6. The van der Waals surface area contributed by atoms with Crippen molar-refractivity contribution < 1.29 is 8.42 Å². The highest BCUT2D eigenvalue weighted by Gasteiger charge is 2.34. The predicted octanol–water partition coefficient (Wildman–Crippen LogP) is 3.09. The Bertz CT molecular complexity index is 774. The van der Waals surface area contributed by atoms with Crippen molar-refractivity contribution in [1.29, 1.82) is 0 Å². The largest absolute Gasteiger partial charge is 0.362 e. The van der Waals surface area contributed by atoms with Crippen LogP contribution in [0.15, 0.2) is 45.9 Å². The van der Waals surface area contributed by atoms with Crippen LogP contribution in [-0.2, 0) is 9.84 Å². The summed E-state index contributed by atoms with van der Waals surface area (Å²) in [6.07, 6.45) is 1.72. The average molecular weight is 353 g/mol. The van der Waals surface area contributed by atoms with E-state index in [2.05, 4.69) is 26.2 Å². The summed E-state index contributed by atoms with van der Waals surface area (Å²) in [6, 6.07) is 8.77. The molecule has 0 saturated carbocycles. The smallest absolute Gasteiger partial charge is 0.181 e. The summed E-state index contributed by atoms with van der Waals surface area (Å²) >= 11 is 3.40. The maximum atomic E-state index is 12.1. The molecule has 1 aromatic carbocycles. The van der Waals surface area contributed by atoms with Crippen LogP contribution in [0, 0.1) is 6.92 Å². The van der Waals surface area contributed by atoms with Crippen molar-refractivity contribution >= 4 is 31.6 Å². The predicted molar refractivity (Wildman–Crippen MR) is 81.5 cm³/mol. The third kappa shape index (κ3) is 2.33. The molecule has 0 radical (unpaired) electrons. The van der Waals surface area contributed by atoms with Gasteiger partial charge in [0, 0.05) is 10.7 Å². The third-order valence-electron chi connectivity index (χ3n) is 3.38. The second kappa shape index (κ2) is 4.86. The molecule has 1 aliphatic rings. The van der Waals surface area contributed by atoms with Crippen LogP contribution < -0.4 is 5.32 Å². The van der Waals surface area contributed by atoms with Crippen LogP contribution in [0.4, 0.5) is 5.82 Å². The van der Waals surface area contributed by atoms with Crippen LogP contribution in [0.25, 0.3) is 0 Å². The number of aryl methyl sites for hydroxylation is 1. The molecule has 2 aromatic rings. The molecule has 20 heavy (non-hydrogen) atoms. The van der Waals surface area contributed by atoms with Crippen molar-refractivity contribution in [3.05, 3.63) is 52.1 Å². The van der Waals surface area contributed by atoms with Crippen LogP contribution >= 0.6 is 15.9 Å². The van der Waals surface area contributed by atoms with E-state index < -0.39 is 9.84 Å². The first-order valence-electron chi connectivity index (χ1n) is 6.18. The molecule has 0 aliphatic carbocycles. The number of pyridine rings is 1. The Kier molecular flexibility index (Phi) is 3.30. The topological polar surface area (TPSA) is 59.1 Å². The summed E-state index contributed by atoms with van der Waals surface area (Å²) in [5.74, 6) is 0.756. The number of nitrogens with zero attached hydrogens (tertiary/aromatic N) is 1. The van der Waals surface area contributed by atoms with E-state index in [9.17, 15) is 8.42 Å². The maximum absolute atomic E-state index is 12.1. The fourth-order valence-electron chi connectivity index (χ4n) is 2.37. The minimum Gasteiger partial charge on any atom is -0.362 e. The van der Waals surface area contributed by atoms with Crippen molar-refractivity contribution in [3.8, 4) is 0 Å². The lowest BCUT2D eigenvalue weighted by atomic mass is 10.1. The van der Waals surface area contributed by atoms with E-state index in [4.69, 9.17) is 0 Å². The lowest BCUT2D eigenvalue weighted by molar-refractivity contribution is 0.598. The first-order valence-corrected chi connectivity index (χ1v) is 8.62. The normalized spacial score (nSPS) is 19.6. The number of hydrogen-bond acceptors (Lipinski definition) is 4. The van der Waals surface area contributed by atoms with Gasteiger partial charge in [-0.25, -0.2) is 13.4 Å². The van der Waals surface area contributed by atoms with E-state index in [1.807, 2.05) is 25.1 Å². The van der Waals surface area contributed by atoms with E-state index in [-0.39, 0.29) is 11.8 Å². The van der Waals surface area contributed by atoms with Gasteiger partial charge < -0.3 is 5.32 Å². The molecule has 1 aliphatic heterocycles. The minimum atomic E-state index is -3.19. The number of halogens is 1. The quantitative estimate of drug-likeness (QED) is 0.901. The summed E-state index contributed by atoms with van der Waals surface area (Å²) in [6.45, 7) is 1.97. The van der Waals surface area contributed by atoms with Crippen LogP contribution in [0.5, 0.6) is 0 Å². The van der Waals surface area contributed by atoms with E-state index >= 15 is 0 Å². The number of nitrogens with one attached hydrogen (secondary N) is 1. The molecule has 1 aromatic heterocycles. The van der Waals surface area contributed by atoms with Gasteiger partial charge in [-0.05, 0) is 46.1 Å². The summed E-state index contributed by atoms with van der Waals surface area (Å²) < 4.78 is 25.1. The van der Waals surface area contributed by atoms with Gasteiger partial charge in [0.25, 0.3) is 0 Å². The molecular weight excluding hydrogens is 340 g/mol. The van der Waals surface area contributed by atoms with Crippen molar-refractivity contribution in [1.82, 2.24) is 4.98 Å². The molecule has 0 spiro atoms. The van der Waals surface area contributed by atoms with Crippen molar-refractivity contribution in [2.24, 2.45) is 0 Å². The van der Waals surface area contributed by atoms with Gasteiger partial charge in [0.05, 0.1) is 16.7 Å². The maximum Gasteiger partial charge on any atom is 0.181 e. The van der Waals surface area contributed by atoms with E-state index in [0.29, 0.717) is 10.7 Å². The van der Waals surface area contributed by atoms with Crippen LogP contribution in [0.1, 0.15) is 17.2 Å². The standard InChI is InChI=1S/C14H13BrN2O2S/c1-9-6-14(16-7-11(9)15)17-12-8-20(18,19)13-5-3-2-4-10(12)13/h2-7,12H,8H2,1H3,(H,16,17). The Morgan fingerprint density at radius 2 is 2.10 bits per heavy atom. The molecule has 2 heterocycles. The summed E-state index contributed by atoms with van der Waals surface area (Å²) in [4.78, 5) is 4.69. The number of benzene rings is 1. The molecule has 0 saturated heterocycles. The first-order chi connectivity index (χ1) is 9.47. The zero-order valence-electron chi connectivity index (χ0n) is 10.8. The molecule has 1 atom stereocenters. The number of fused-ring (bicyclic) bond motifs is 1. The minimum absolute atomic E-state index is 0.0726. The molecule has 0 amide bonds. The Hall–Kier alpha value is -1.40.